The zero-order chi connectivity index (χ0) is 24.2. The molecule has 0 aromatic heterocycles. The molecule has 10 heteroatoms. The standard InChI is InChI=1S/C23H24N4O6/c1-23(2)12-15-9-20(32-3)21(33-4)10-17(15)18(25-23)11-19(28)22(29)26-24-13-14-5-7-16(8-6-14)27(30)31/h5-11,13,25H,12H2,1-4H3,(H,26,29)/b18-11-,24-13+. The Balaban J connectivity index is 1.78. The van der Waals surface area contributed by atoms with Gasteiger partial charge >= 0.3 is 5.91 Å². The predicted octanol–water partition coefficient (Wildman–Crippen LogP) is 2.60. The Morgan fingerprint density at radius 1 is 1.15 bits per heavy atom. The van der Waals surface area contributed by atoms with E-state index in [0.29, 0.717) is 29.2 Å². The summed E-state index contributed by atoms with van der Waals surface area (Å²) in [5, 5.41) is 17.7. The number of hydrogen-bond donors (Lipinski definition) is 2. The first-order valence-electron chi connectivity index (χ1n) is 10.0. The number of hydrogen-bond acceptors (Lipinski definition) is 8. The van der Waals surface area contributed by atoms with Crippen molar-refractivity contribution in [3.05, 3.63) is 69.3 Å². The van der Waals surface area contributed by atoms with Crippen molar-refractivity contribution in [2.75, 3.05) is 14.2 Å². The summed E-state index contributed by atoms with van der Waals surface area (Å²) in [5.41, 5.74) is 4.46. The lowest BCUT2D eigenvalue weighted by Gasteiger charge is -2.36. The van der Waals surface area contributed by atoms with Crippen molar-refractivity contribution in [1.82, 2.24) is 10.7 Å². The van der Waals surface area contributed by atoms with E-state index in [9.17, 15) is 19.7 Å². The third-order valence-electron chi connectivity index (χ3n) is 4.99. The molecule has 1 heterocycles. The highest BCUT2D eigenvalue weighted by molar-refractivity contribution is 6.41. The molecule has 0 saturated carbocycles. The van der Waals surface area contributed by atoms with Gasteiger partial charge in [-0.05, 0) is 55.7 Å². The molecule has 1 amide bonds. The molecule has 0 fully saturated rings. The molecule has 2 N–H and O–H groups in total. The summed E-state index contributed by atoms with van der Waals surface area (Å²) in [4.78, 5) is 35.0. The van der Waals surface area contributed by atoms with Gasteiger partial charge in [-0.3, -0.25) is 19.7 Å². The van der Waals surface area contributed by atoms with Crippen LogP contribution in [0.5, 0.6) is 11.5 Å². The van der Waals surface area contributed by atoms with Crippen LogP contribution in [0.25, 0.3) is 5.70 Å². The molecule has 172 valence electrons. The molecule has 1 aliphatic rings. The Kier molecular flexibility index (Phi) is 6.76. The van der Waals surface area contributed by atoms with Gasteiger partial charge in [-0.2, -0.15) is 5.10 Å². The maximum Gasteiger partial charge on any atom is 0.311 e. The highest BCUT2D eigenvalue weighted by atomic mass is 16.6. The van der Waals surface area contributed by atoms with E-state index in [1.807, 2.05) is 19.9 Å². The highest BCUT2D eigenvalue weighted by Gasteiger charge is 2.30. The van der Waals surface area contributed by atoms with E-state index in [4.69, 9.17) is 9.47 Å². The SMILES string of the molecule is COc1cc2c(cc1OC)/C(=C/C(=O)C(=O)N/N=C/c1ccc([N+](=O)[O-])cc1)NC(C)(C)C2. The number of rotatable bonds is 7. The number of nitro groups is 1. The Hall–Kier alpha value is -4.21. The van der Waals surface area contributed by atoms with Crippen molar-refractivity contribution in [3.63, 3.8) is 0 Å². The molecule has 10 nitrogen and oxygen atoms in total. The number of methoxy groups -OCH3 is 2. The van der Waals surface area contributed by atoms with E-state index in [0.717, 1.165) is 11.1 Å². The molecular weight excluding hydrogens is 428 g/mol. The summed E-state index contributed by atoms with van der Waals surface area (Å²) < 4.78 is 10.7. The van der Waals surface area contributed by atoms with E-state index in [-0.39, 0.29) is 11.2 Å². The van der Waals surface area contributed by atoms with Gasteiger partial charge in [0.2, 0.25) is 5.78 Å². The van der Waals surface area contributed by atoms with Gasteiger partial charge in [0, 0.05) is 35.0 Å². The van der Waals surface area contributed by atoms with E-state index < -0.39 is 16.6 Å². The van der Waals surface area contributed by atoms with Gasteiger partial charge in [0.25, 0.3) is 5.69 Å². The van der Waals surface area contributed by atoms with Gasteiger partial charge in [0.15, 0.2) is 11.5 Å². The molecule has 0 unspecified atom stereocenters. The maximum absolute atomic E-state index is 12.5. The van der Waals surface area contributed by atoms with Crippen molar-refractivity contribution in [2.45, 2.75) is 25.8 Å². The van der Waals surface area contributed by atoms with Crippen LogP contribution >= 0.6 is 0 Å². The first kappa shape index (κ1) is 23.5. The number of carbonyl (C=O) groups excluding carboxylic acids is 2. The maximum atomic E-state index is 12.5. The Morgan fingerprint density at radius 2 is 1.79 bits per heavy atom. The summed E-state index contributed by atoms with van der Waals surface area (Å²) in [6.45, 7) is 3.97. The second-order valence-corrected chi connectivity index (χ2v) is 8.02. The zero-order valence-electron chi connectivity index (χ0n) is 18.7. The van der Waals surface area contributed by atoms with Gasteiger partial charge in [0.1, 0.15) is 0 Å². The van der Waals surface area contributed by atoms with Crippen LogP contribution in [0.1, 0.15) is 30.5 Å². The number of ketones is 1. The molecular formula is C23H24N4O6. The van der Waals surface area contributed by atoms with Crippen molar-refractivity contribution >= 4 is 29.3 Å². The third-order valence-corrected chi connectivity index (χ3v) is 4.99. The molecule has 2 aromatic rings. The van der Waals surface area contributed by atoms with Crippen LogP contribution < -0.4 is 20.2 Å². The quantitative estimate of drug-likeness (QED) is 0.217. The van der Waals surface area contributed by atoms with Crippen molar-refractivity contribution in [3.8, 4) is 11.5 Å². The summed E-state index contributed by atoms with van der Waals surface area (Å²) in [5.74, 6) is -0.629. The van der Waals surface area contributed by atoms with Crippen LogP contribution in [-0.2, 0) is 16.0 Å². The van der Waals surface area contributed by atoms with Crippen molar-refractivity contribution in [2.24, 2.45) is 5.10 Å². The highest BCUT2D eigenvalue weighted by Crippen LogP contribution is 2.37. The van der Waals surface area contributed by atoms with E-state index in [1.165, 1.54) is 43.7 Å². The number of ether oxygens (including phenoxy) is 2. The van der Waals surface area contributed by atoms with E-state index in [1.54, 1.807) is 13.2 Å². The number of amides is 1. The topological polar surface area (TPSA) is 132 Å². The van der Waals surface area contributed by atoms with E-state index >= 15 is 0 Å². The molecule has 0 radical (unpaired) electrons. The predicted molar refractivity (Wildman–Crippen MR) is 122 cm³/mol. The minimum absolute atomic E-state index is 0.0598. The van der Waals surface area contributed by atoms with Gasteiger partial charge in [0.05, 0.1) is 25.4 Å². The fraction of sp³-hybridized carbons (Fsp3) is 0.261. The normalized spacial score (nSPS) is 15.5. The largest absolute Gasteiger partial charge is 0.493 e. The lowest BCUT2D eigenvalue weighted by atomic mass is 9.85. The molecule has 0 saturated heterocycles. The average Bonchev–Trinajstić information content (AvgIpc) is 2.77. The molecule has 1 aliphatic heterocycles. The summed E-state index contributed by atoms with van der Waals surface area (Å²) >= 11 is 0. The molecule has 0 bridgehead atoms. The van der Waals surface area contributed by atoms with Crippen molar-refractivity contribution < 1.29 is 24.0 Å². The van der Waals surface area contributed by atoms with Crippen LogP contribution in [0.2, 0.25) is 0 Å². The number of nitrogens with one attached hydrogen (secondary N) is 2. The molecule has 0 aliphatic carbocycles. The number of nitro benzene ring substituents is 1. The Morgan fingerprint density at radius 3 is 2.39 bits per heavy atom. The monoisotopic (exact) mass is 452 g/mol. The number of non-ortho nitro benzene ring substituents is 1. The van der Waals surface area contributed by atoms with Gasteiger partial charge in [-0.1, -0.05) is 0 Å². The fourth-order valence-corrected chi connectivity index (χ4v) is 3.48. The molecule has 0 spiro atoms. The molecule has 2 aromatic carbocycles. The first-order chi connectivity index (χ1) is 15.6. The molecule has 33 heavy (non-hydrogen) atoms. The van der Waals surface area contributed by atoms with Gasteiger partial charge in [-0.25, -0.2) is 5.43 Å². The third kappa shape index (κ3) is 5.53. The second kappa shape index (κ2) is 9.51. The number of benzene rings is 2. The number of fused-ring (bicyclic) bond motifs is 1. The van der Waals surface area contributed by atoms with Crippen LogP contribution in [0.15, 0.2) is 47.6 Å². The second-order valence-electron chi connectivity index (χ2n) is 8.02. The number of hydrazone groups is 1. The van der Waals surface area contributed by atoms with Crippen LogP contribution in [0.3, 0.4) is 0 Å². The molecule has 0 atom stereocenters. The first-order valence-corrected chi connectivity index (χ1v) is 10.0. The number of nitrogens with zero attached hydrogens (tertiary/aromatic N) is 2. The summed E-state index contributed by atoms with van der Waals surface area (Å²) in [6, 6.07) is 9.21. The Bertz CT molecular complexity index is 1150. The molecule has 3 rings (SSSR count). The minimum atomic E-state index is -0.923. The lowest BCUT2D eigenvalue weighted by molar-refractivity contribution is -0.384. The fourth-order valence-electron chi connectivity index (χ4n) is 3.48. The van der Waals surface area contributed by atoms with E-state index in [2.05, 4.69) is 15.8 Å². The smallest absolute Gasteiger partial charge is 0.311 e. The van der Waals surface area contributed by atoms with Gasteiger partial charge in [-0.15, -0.1) is 0 Å². The van der Waals surface area contributed by atoms with Crippen LogP contribution in [-0.4, -0.2) is 42.6 Å². The van der Waals surface area contributed by atoms with Crippen LogP contribution in [0, 0.1) is 10.1 Å². The minimum Gasteiger partial charge on any atom is -0.493 e. The summed E-state index contributed by atoms with van der Waals surface area (Å²) in [7, 11) is 3.08. The van der Waals surface area contributed by atoms with Crippen molar-refractivity contribution in [1.29, 1.82) is 0 Å². The average molecular weight is 452 g/mol. The zero-order valence-corrected chi connectivity index (χ0v) is 18.7. The lowest BCUT2D eigenvalue weighted by Crippen LogP contribution is -2.44. The number of carbonyl (C=O) groups is 2. The van der Waals surface area contributed by atoms with Crippen LogP contribution in [0.4, 0.5) is 5.69 Å². The van der Waals surface area contributed by atoms with Gasteiger partial charge < -0.3 is 14.8 Å². The Labute approximate surface area is 190 Å². The summed E-state index contributed by atoms with van der Waals surface area (Å²) in [6.07, 6.45) is 3.19.